The van der Waals surface area contributed by atoms with Gasteiger partial charge in [0, 0.05) is 19.4 Å². The number of amides is 2. The molecule has 0 saturated carbocycles. The molecule has 2 fully saturated rings. The van der Waals surface area contributed by atoms with Crippen molar-refractivity contribution in [2.45, 2.75) is 31.7 Å². The summed E-state index contributed by atoms with van der Waals surface area (Å²) in [7, 11) is 0. The zero-order valence-electron chi connectivity index (χ0n) is 8.18. The van der Waals surface area contributed by atoms with E-state index in [-0.39, 0.29) is 24.7 Å². The second-order valence-corrected chi connectivity index (χ2v) is 3.75. The number of carbonyl (C=O) groups is 3. The average molecular weight is 212 g/mol. The molecular formula is C9H12N2O4. The molecule has 0 aliphatic carbocycles. The van der Waals surface area contributed by atoms with Gasteiger partial charge in [-0.3, -0.25) is 14.6 Å². The fraction of sp³-hybridized carbons (Fsp3) is 0.667. The minimum absolute atomic E-state index is 0.124. The molecule has 15 heavy (non-hydrogen) atoms. The summed E-state index contributed by atoms with van der Waals surface area (Å²) in [5.74, 6) is -1.45. The van der Waals surface area contributed by atoms with Gasteiger partial charge in [0.25, 0.3) is 0 Å². The van der Waals surface area contributed by atoms with Crippen LogP contribution in [0.1, 0.15) is 25.7 Å². The van der Waals surface area contributed by atoms with E-state index in [1.807, 2.05) is 0 Å². The van der Waals surface area contributed by atoms with E-state index >= 15 is 0 Å². The Morgan fingerprint density at radius 1 is 1.27 bits per heavy atom. The average Bonchev–Trinajstić information content (AvgIpc) is 2.23. The van der Waals surface area contributed by atoms with Crippen molar-refractivity contribution in [3.63, 3.8) is 0 Å². The molecule has 0 aromatic rings. The van der Waals surface area contributed by atoms with E-state index in [1.54, 1.807) is 0 Å². The maximum Gasteiger partial charge on any atom is 0.328 e. The van der Waals surface area contributed by atoms with Gasteiger partial charge in [0.05, 0.1) is 0 Å². The van der Waals surface area contributed by atoms with Crippen LogP contribution < -0.4 is 0 Å². The zero-order chi connectivity index (χ0) is 11.0. The second-order valence-electron chi connectivity index (χ2n) is 3.75. The molecule has 2 rings (SSSR count). The van der Waals surface area contributed by atoms with E-state index in [2.05, 4.69) is 0 Å². The summed E-state index contributed by atoms with van der Waals surface area (Å²) in [6, 6.07) is -0.865. The van der Waals surface area contributed by atoms with E-state index < -0.39 is 12.0 Å². The first kappa shape index (κ1) is 9.95. The van der Waals surface area contributed by atoms with Gasteiger partial charge in [-0.05, 0) is 12.8 Å². The van der Waals surface area contributed by atoms with Crippen molar-refractivity contribution in [1.29, 1.82) is 0 Å². The highest BCUT2D eigenvalue weighted by Gasteiger charge is 2.41. The van der Waals surface area contributed by atoms with Crippen LogP contribution in [0.5, 0.6) is 0 Å². The minimum atomic E-state index is -1.04. The van der Waals surface area contributed by atoms with Crippen molar-refractivity contribution < 1.29 is 19.5 Å². The Morgan fingerprint density at radius 3 is 2.60 bits per heavy atom. The van der Waals surface area contributed by atoms with Crippen LogP contribution in [0, 0.1) is 0 Å². The molecule has 2 aliphatic heterocycles. The SMILES string of the molecule is O=C(O)C1CCCN2C(=O)CCC(=O)N12. The molecule has 2 heterocycles. The van der Waals surface area contributed by atoms with Crippen molar-refractivity contribution in [2.75, 3.05) is 6.54 Å². The number of hydrogen-bond acceptors (Lipinski definition) is 3. The van der Waals surface area contributed by atoms with Crippen molar-refractivity contribution >= 4 is 17.8 Å². The Kier molecular flexibility index (Phi) is 2.34. The largest absolute Gasteiger partial charge is 0.480 e. The predicted molar refractivity (Wildman–Crippen MR) is 48.5 cm³/mol. The zero-order valence-corrected chi connectivity index (χ0v) is 8.18. The van der Waals surface area contributed by atoms with E-state index in [9.17, 15) is 14.4 Å². The van der Waals surface area contributed by atoms with Crippen molar-refractivity contribution in [1.82, 2.24) is 10.0 Å². The lowest BCUT2D eigenvalue weighted by atomic mass is 10.0. The van der Waals surface area contributed by atoms with Gasteiger partial charge in [-0.1, -0.05) is 0 Å². The molecule has 0 spiro atoms. The molecule has 0 aromatic carbocycles. The minimum Gasteiger partial charge on any atom is -0.480 e. The van der Waals surface area contributed by atoms with Gasteiger partial charge in [-0.15, -0.1) is 0 Å². The van der Waals surface area contributed by atoms with Gasteiger partial charge in [-0.25, -0.2) is 9.80 Å². The van der Waals surface area contributed by atoms with Gasteiger partial charge < -0.3 is 5.11 Å². The van der Waals surface area contributed by atoms with E-state index in [1.165, 1.54) is 5.01 Å². The van der Waals surface area contributed by atoms with Crippen molar-refractivity contribution in [3.8, 4) is 0 Å². The highest BCUT2D eigenvalue weighted by atomic mass is 16.4. The van der Waals surface area contributed by atoms with Crippen LogP contribution in [0.3, 0.4) is 0 Å². The summed E-state index contributed by atoms with van der Waals surface area (Å²) in [5, 5.41) is 11.4. The van der Waals surface area contributed by atoms with Gasteiger partial charge >= 0.3 is 5.97 Å². The van der Waals surface area contributed by atoms with E-state index in [4.69, 9.17) is 5.11 Å². The number of hydrogen-bond donors (Lipinski definition) is 1. The van der Waals surface area contributed by atoms with Gasteiger partial charge in [0.2, 0.25) is 11.8 Å². The van der Waals surface area contributed by atoms with Gasteiger partial charge in [-0.2, -0.15) is 0 Å². The quantitative estimate of drug-likeness (QED) is 0.641. The summed E-state index contributed by atoms with van der Waals surface area (Å²) >= 11 is 0. The molecule has 1 N–H and O–H groups in total. The van der Waals surface area contributed by atoms with Crippen molar-refractivity contribution in [3.05, 3.63) is 0 Å². The van der Waals surface area contributed by atoms with Crippen LogP contribution in [0.15, 0.2) is 0 Å². The first-order valence-electron chi connectivity index (χ1n) is 4.96. The standard InChI is InChI=1S/C9H12N2O4/c12-7-3-4-8(13)11-6(9(14)15)2-1-5-10(7)11/h6H,1-5H2,(H,14,15). The lowest BCUT2D eigenvalue weighted by molar-refractivity contribution is -0.188. The molecule has 2 saturated heterocycles. The second kappa shape index (κ2) is 3.52. The molecule has 2 amide bonds. The number of carbonyl (C=O) groups excluding carboxylic acids is 2. The number of aliphatic carboxylic acids is 1. The molecule has 6 heteroatoms. The molecular weight excluding hydrogens is 200 g/mol. The topological polar surface area (TPSA) is 77.9 Å². The van der Waals surface area contributed by atoms with Crippen LogP contribution in [-0.2, 0) is 14.4 Å². The third kappa shape index (κ3) is 1.55. The number of carboxylic acid groups (broad SMARTS) is 1. The summed E-state index contributed by atoms with van der Waals surface area (Å²) in [6.07, 6.45) is 1.37. The third-order valence-electron chi connectivity index (χ3n) is 2.78. The van der Waals surface area contributed by atoms with E-state index in [0.717, 1.165) is 5.01 Å². The lowest BCUT2D eigenvalue weighted by Crippen LogP contribution is -2.62. The van der Waals surface area contributed by atoms with Crippen LogP contribution in [0.2, 0.25) is 0 Å². The number of nitrogens with zero attached hydrogens (tertiary/aromatic N) is 2. The molecule has 1 unspecified atom stereocenters. The van der Waals surface area contributed by atoms with Crippen LogP contribution in [0.25, 0.3) is 0 Å². The Labute approximate surface area is 86.4 Å². The number of carboxylic acids is 1. The fourth-order valence-corrected chi connectivity index (χ4v) is 2.07. The summed E-state index contributed by atoms with van der Waals surface area (Å²) < 4.78 is 0. The van der Waals surface area contributed by atoms with Crippen LogP contribution >= 0.6 is 0 Å². The Bertz CT molecular complexity index is 322. The maximum absolute atomic E-state index is 11.6. The first-order chi connectivity index (χ1) is 7.11. The highest BCUT2D eigenvalue weighted by Crippen LogP contribution is 2.24. The number of rotatable bonds is 1. The smallest absolute Gasteiger partial charge is 0.328 e. The molecule has 6 nitrogen and oxygen atoms in total. The molecule has 0 radical (unpaired) electrons. The summed E-state index contributed by atoms with van der Waals surface area (Å²) in [5.41, 5.74) is 0. The van der Waals surface area contributed by atoms with Crippen LogP contribution in [0.4, 0.5) is 0 Å². The van der Waals surface area contributed by atoms with Gasteiger partial charge in [0.1, 0.15) is 0 Å². The number of fused-ring (bicyclic) bond motifs is 1. The van der Waals surface area contributed by atoms with Gasteiger partial charge in [0.15, 0.2) is 6.04 Å². The Hall–Kier alpha value is -1.59. The number of hydrazine groups is 1. The first-order valence-corrected chi connectivity index (χ1v) is 4.96. The summed E-state index contributed by atoms with van der Waals surface area (Å²) in [4.78, 5) is 34.0. The fourth-order valence-electron chi connectivity index (χ4n) is 2.07. The Morgan fingerprint density at radius 2 is 1.93 bits per heavy atom. The van der Waals surface area contributed by atoms with E-state index in [0.29, 0.717) is 19.4 Å². The molecule has 0 bridgehead atoms. The molecule has 0 aromatic heterocycles. The Balaban J connectivity index is 2.27. The third-order valence-corrected chi connectivity index (χ3v) is 2.78. The lowest BCUT2D eigenvalue weighted by Gasteiger charge is -2.44. The van der Waals surface area contributed by atoms with Crippen molar-refractivity contribution in [2.24, 2.45) is 0 Å². The van der Waals surface area contributed by atoms with Crippen LogP contribution in [-0.4, -0.2) is 45.5 Å². The maximum atomic E-state index is 11.6. The molecule has 82 valence electrons. The molecule has 1 atom stereocenters. The molecule has 2 aliphatic rings. The highest BCUT2D eigenvalue weighted by molar-refractivity contribution is 5.92. The normalized spacial score (nSPS) is 26.5. The predicted octanol–water partition coefficient (Wildman–Crippen LogP) is -0.401. The monoisotopic (exact) mass is 212 g/mol. The summed E-state index contributed by atoms with van der Waals surface area (Å²) in [6.45, 7) is 0.453.